The zero-order valence-electron chi connectivity index (χ0n) is 18.1. The second-order valence-electron chi connectivity index (χ2n) is 8.38. The van der Waals surface area contributed by atoms with E-state index in [2.05, 4.69) is 27.1 Å². The molecule has 31 heavy (non-hydrogen) atoms. The highest BCUT2D eigenvalue weighted by molar-refractivity contribution is 7.17. The van der Waals surface area contributed by atoms with E-state index in [1.807, 2.05) is 42.8 Å². The lowest BCUT2D eigenvalue weighted by Gasteiger charge is -2.38. The van der Waals surface area contributed by atoms with Crippen LogP contribution in [-0.4, -0.2) is 51.9 Å². The molecule has 0 aromatic carbocycles. The van der Waals surface area contributed by atoms with E-state index in [1.54, 1.807) is 11.3 Å². The summed E-state index contributed by atoms with van der Waals surface area (Å²) in [6, 6.07) is 4.04. The number of carbonyl (C=O) groups is 1. The molecule has 0 saturated carbocycles. The van der Waals surface area contributed by atoms with E-state index in [4.69, 9.17) is 9.47 Å². The van der Waals surface area contributed by atoms with E-state index in [9.17, 15) is 4.79 Å². The standard InChI is InChI=1S/C22H27N5O3S/c1-14-13-29-22(30-14)6-8-26(9-7-22)18-5-4-17(10-23-18)11-24-20(28)19-16(3)25-21-27(19)12-15(2)31-21/h4-5,10,12,14H,6-9,11,13H2,1-3H3,(H,24,28)/t14-/m1/s1. The van der Waals surface area contributed by atoms with E-state index in [1.165, 1.54) is 0 Å². The van der Waals surface area contributed by atoms with Gasteiger partial charge in [-0.05, 0) is 32.4 Å². The summed E-state index contributed by atoms with van der Waals surface area (Å²) in [7, 11) is 0. The fourth-order valence-electron chi connectivity index (χ4n) is 4.35. The van der Waals surface area contributed by atoms with Crippen LogP contribution >= 0.6 is 11.3 Å². The van der Waals surface area contributed by atoms with E-state index in [-0.39, 0.29) is 12.0 Å². The molecule has 3 aromatic rings. The molecule has 3 aromatic heterocycles. The number of thiazole rings is 1. The third-order valence-electron chi connectivity index (χ3n) is 5.94. The molecule has 1 spiro atoms. The Morgan fingerprint density at radius 2 is 2.13 bits per heavy atom. The van der Waals surface area contributed by atoms with Crippen molar-refractivity contribution in [3.8, 4) is 0 Å². The first-order valence-electron chi connectivity index (χ1n) is 10.7. The Morgan fingerprint density at radius 1 is 1.32 bits per heavy atom. The number of rotatable bonds is 4. The molecular formula is C22H27N5O3S. The number of ether oxygens (including phenoxy) is 2. The summed E-state index contributed by atoms with van der Waals surface area (Å²) < 4.78 is 13.8. The lowest BCUT2D eigenvalue weighted by molar-refractivity contribution is -0.178. The molecule has 9 heteroatoms. The fourth-order valence-corrected chi connectivity index (χ4v) is 5.23. The largest absolute Gasteiger partial charge is 0.356 e. The average molecular weight is 442 g/mol. The molecule has 164 valence electrons. The predicted octanol–water partition coefficient (Wildman–Crippen LogP) is 3.07. The van der Waals surface area contributed by atoms with Gasteiger partial charge >= 0.3 is 0 Å². The number of nitrogens with one attached hydrogen (secondary N) is 1. The highest BCUT2D eigenvalue weighted by Crippen LogP contribution is 2.35. The van der Waals surface area contributed by atoms with Crippen molar-refractivity contribution >= 4 is 28.0 Å². The summed E-state index contributed by atoms with van der Waals surface area (Å²) >= 11 is 1.58. The van der Waals surface area contributed by atoms with Crippen molar-refractivity contribution in [3.05, 3.63) is 46.4 Å². The monoisotopic (exact) mass is 441 g/mol. The SMILES string of the molecule is Cc1cn2c(C(=O)NCc3ccc(N4CCC5(CC4)OC[C@@H](C)O5)nc3)c(C)nc2s1. The molecule has 1 amide bonds. The summed E-state index contributed by atoms with van der Waals surface area (Å²) in [6.07, 6.45) is 5.65. The molecule has 2 fully saturated rings. The summed E-state index contributed by atoms with van der Waals surface area (Å²) in [5, 5.41) is 3.00. The third-order valence-corrected chi connectivity index (χ3v) is 6.84. The smallest absolute Gasteiger partial charge is 0.270 e. The zero-order valence-corrected chi connectivity index (χ0v) is 18.9. The molecule has 0 radical (unpaired) electrons. The van der Waals surface area contributed by atoms with Crippen LogP contribution in [0.4, 0.5) is 5.82 Å². The van der Waals surface area contributed by atoms with Crippen molar-refractivity contribution in [2.24, 2.45) is 0 Å². The Hall–Kier alpha value is -2.49. The molecule has 2 aliphatic rings. The lowest BCUT2D eigenvalue weighted by Crippen LogP contribution is -2.45. The predicted molar refractivity (Wildman–Crippen MR) is 119 cm³/mol. The van der Waals surface area contributed by atoms with Crippen LogP contribution in [0.3, 0.4) is 0 Å². The minimum absolute atomic E-state index is 0.126. The van der Waals surface area contributed by atoms with Gasteiger partial charge in [-0.2, -0.15) is 0 Å². The number of pyridine rings is 1. The number of hydrogen-bond acceptors (Lipinski definition) is 7. The quantitative estimate of drug-likeness (QED) is 0.670. The summed E-state index contributed by atoms with van der Waals surface area (Å²) in [4.78, 5) is 26.1. The minimum atomic E-state index is -0.404. The molecule has 8 nitrogen and oxygen atoms in total. The summed E-state index contributed by atoms with van der Waals surface area (Å²) in [5.74, 6) is 0.412. The number of piperidine rings is 1. The van der Waals surface area contributed by atoms with Crippen LogP contribution in [0.15, 0.2) is 24.5 Å². The number of hydrogen-bond donors (Lipinski definition) is 1. The van der Waals surface area contributed by atoms with E-state index in [0.29, 0.717) is 18.8 Å². The number of imidazole rings is 1. The third kappa shape index (κ3) is 3.93. The Bertz CT molecular complexity index is 1100. The number of fused-ring (bicyclic) bond motifs is 1. The van der Waals surface area contributed by atoms with Crippen molar-refractivity contribution in [3.63, 3.8) is 0 Å². The van der Waals surface area contributed by atoms with Crippen LogP contribution < -0.4 is 10.2 Å². The topological polar surface area (TPSA) is 81.0 Å². The first-order chi connectivity index (χ1) is 14.9. The number of nitrogens with zero attached hydrogens (tertiary/aromatic N) is 4. The van der Waals surface area contributed by atoms with Gasteiger partial charge in [0.2, 0.25) is 0 Å². The maximum Gasteiger partial charge on any atom is 0.270 e. The minimum Gasteiger partial charge on any atom is -0.356 e. The van der Waals surface area contributed by atoms with Gasteiger partial charge in [0.05, 0.1) is 18.4 Å². The van der Waals surface area contributed by atoms with E-state index < -0.39 is 5.79 Å². The van der Waals surface area contributed by atoms with Crippen LogP contribution in [-0.2, 0) is 16.0 Å². The number of carbonyl (C=O) groups excluding carboxylic acids is 1. The van der Waals surface area contributed by atoms with Crippen molar-refractivity contribution in [2.75, 3.05) is 24.6 Å². The molecule has 2 aliphatic heterocycles. The van der Waals surface area contributed by atoms with E-state index >= 15 is 0 Å². The van der Waals surface area contributed by atoms with Crippen molar-refractivity contribution in [1.82, 2.24) is 19.7 Å². The second kappa shape index (κ2) is 7.89. The molecule has 1 atom stereocenters. The highest BCUT2D eigenvalue weighted by atomic mass is 32.1. The first kappa shape index (κ1) is 20.4. The maximum absolute atomic E-state index is 12.8. The highest BCUT2D eigenvalue weighted by Gasteiger charge is 2.42. The van der Waals surface area contributed by atoms with Gasteiger partial charge < -0.3 is 19.7 Å². The average Bonchev–Trinajstić information content (AvgIpc) is 3.38. The number of amides is 1. The molecule has 0 bridgehead atoms. The van der Waals surface area contributed by atoms with Crippen molar-refractivity contribution in [2.45, 2.75) is 52.0 Å². The van der Waals surface area contributed by atoms with Crippen molar-refractivity contribution in [1.29, 1.82) is 0 Å². The molecule has 2 saturated heterocycles. The zero-order chi connectivity index (χ0) is 21.6. The molecular weight excluding hydrogens is 414 g/mol. The van der Waals surface area contributed by atoms with Gasteiger partial charge in [-0.15, -0.1) is 11.3 Å². The Morgan fingerprint density at radius 3 is 2.81 bits per heavy atom. The molecule has 5 heterocycles. The molecule has 0 aliphatic carbocycles. The maximum atomic E-state index is 12.8. The van der Waals surface area contributed by atoms with Crippen LogP contribution in [0.25, 0.3) is 4.96 Å². The first-order valence-corrected chi connectivity index (χ1v) is 11.5. The van der Waals surface area contributed by atoms with Gasteiger partial charge in [-0.25, -0.2) is 9.97 Å². The molecule has 5 rings (SSSR count). The van der Waals surface area contributed by atoms with Crippen molar-refractivity contribution < 1.29 is 14.3 Å². The van der Waals surface area contributed by atoms with Crippen LogP contribution in [0, 0.1) is 13.8 Å². The van der Waals surface area contributed by atoms with Gasteiger partial charge in [-0.1, -0.05) is 6.07 Å². The lowest BCUT2D eigenvalue weighted by atomic mass is 10.0. The molecule has 0 unspecified atom stereocenters. The van der Waals surface area contributed by atoms with Crippen LogP contribution in [0.2, 0.25) is 0 Å². The van der Waals surface area contributed by atoms with Crippen LogP contribution in [0.1, 0.15) is 46.4 Å². The fraction of sp³-hybridized carbons (Fsp3) is 0.500. The molecule has 1 N–H and O–H groups in total. The van der Waals surface area contributed by atoms with Gasteiger partial charge in [0.15, 0.2) is 10.7 Å². The number of aryl methyl sites for hydroxylation is 2. The normalized spacial score (nSPS) is 20.6. The van der Waals surface area contributed by atoms with Gasteiger partial charge in [0.25, 0.3) is 5.91 Å². The number of aromatic nitrogens is 3. The Balaban J connectivity index is 1.19. The van der Waals surface area contributed by atoms with Gasteiger partial charge in [0.1, 0.15) is 11.5 Å². The van der Waals surface area contributed by atoms with E-state index in [0.717, 1.165) is 52.8 Å². The van der Waals surface area contributed by atoms with Crippen LogP contribution in [0.5, 0.6) is 0 Å². The second-order valence-corrected chi connectivity index (χ2v) is 9.60. The summed E-state index contributed by atoms with van der Waals surface area (Å²) in [6.45, 7) is 8.74. The summed E-state index contributed by atoms with van der Waals surface area (Å²) in [5.41, 5.74) is 2.29. The Labute approximate surface area is 185 Å². The van der Waals surface area contributed by atoms with Gasteiger partial charge in [0, 0.05) is 49.7 Å². The van der Waals surface area contributed by atoms with Gasteiger partial charge in [-0.3, -0.25) is 9.20 Å². The number of anilines is 1. The Kier molecular flexibility index (Phi) is 5.19.